The van der Waals surface area contributed by atoms with Crippen LogP contribution in [0.5, 0.6) is 0 Å². The number of nitrogens with zero attached hydrogens (tertiary/aromatic N) is 3. The average molecular weight is 395 g/mol. The number of morpholine rings is 1. The molecule has 0 aliphatic carbocycles. The number of amides is 1. The zero-order valence-electron chi connectivity index (χ0n) is 14.8. The predicted molar refractivity (Wildman–Crippen MR) is 106 cm³/mol. The van der Waals surface area contributed by atoms with Crippen LogP contribution in [-0.2, 0) is 4.74 Å². The third-order valence-electron chi connectivity index (χ3n) is 5.06. The fourth-order valence-electron chi connectivity index (χ4n) is 3.53. The summed E-state index contributed by atoms with van der Waals surface area (Å²) in [6.45, 7) is 5.10. The summed E-state index contributed by atoms with van der Waals surface area (Å²) in [5.41, 5.74) is 1.84. The molecule has 0 atom stereocenters. The maximum Gasteiger partial charge on any atom is 0.261 e. The number of nitrogens with one attached hydrogen (secondary N) is 1. The van der Waals surface area contributed by atoms with Crippen LogP contribution >= 0.6 is 22.9 Å². The Morgan fingerprint density at radius 1 is 1.27 bits per heavy atom. The monoisotopic (exact) mass is 394 g/mol. The summed E-state index contributed by atoms with van der Waals surface area (Å²) >= 11 is 7.73. The van der Waals surface area contributed by atoms with Crippen LogP contribution in [0.15, 0.2) is 12.1 Å². The molecule has 0 spiro atoms. The Morgan fingerprint density at radius 2 is 2.00 bits per heavy atom. The quantitative estimate of drug-likeness (QED) is 0.811. The van der Waals surface area contributed by atoms with Gasteiger partial charge in [-0.2, -0.15) is 0 Å². The number of rotatable bonds is 3. The highest BCUT2D eigenvalue weighted by molar-refractivity contribution is 7.21. The van der Waals surface area contributed by atoms with Gasteiger partial charge in [-0.05, 0) is 39.0 Å². The summed E-state index contributed by atoms with van der Waals surface area (Å²) in [5, 5.41) is 3.64. The number of thiophene rings is 1. The van der Waals surface area contributed by atoms with Crippen LogP contribution in [0.2, 0.25) is 5.15 Å². The van der Waals surface area contributed by atoms with Gasteiger partial charge in [0.15, 0.2) is 0 Å². The zero-order valence-corrected chi connectivity index (χ0v) is 16.4. The minimum atomic E-state index is -0.00777. The maximum atomic E-state index is 12.7. The van der Waals surface area contributed by atoms with Crippen molar-refractivity contribution in [2.24, 2.45) is 0 Å². The first-order valence-corrected chi connectivity index (χ1v) is 10.2. The number of carbonyl (C=O) groups is 1. The highest BCUT2D eigenvalue weighted by atomic mass is 35.5. The number of pyridine rings is 1. The van der Waals surface area contributed by atoms with Crippen LogP contribution in [0.25, 0.3) is 10.2 Å². The highest BCUT2D eigenvalue weighted by Gasteiger charge is 2.22. The van der Waals surface area contributed by atoms with Gasteiger partial charge in [0.05, 0.1) is 34.0 Å². The Labute approximate surface area is 162 Å². The van der Waals surface area contributed by atoms with E-state index in [0.29, 0.717) is 23.2 Å². The zero-order chi connectivity index (χ0) is 18.1. The molecule has 2 aromatic rings. The van der Waals surface area contributed by atoms with Gasteiger partial charge in [0.1, 0.15) is 5.15 Å². The lowest BCUT2D eigenvalue weighted by molar-refractivity contribution is 0.0921. The molecule has 0 saturated carbocycles. The molecule has 2 fully saturated rings. The van der Waals surface area contributed by atoms with Gasteiger partial charge in [0, 0.05) is 25.2 Å². The van der Waals surface area contributed by atoms with Crippen LogP contribution in [-0.4, -0.2) is 68.3 Å². The Hall–Kier alpha value is -1.41. The highest BCUT2D eigenvalue weighted by Crippen LogP contribution is 2.35. The summed E-state index contributed by atoms with van der Waals surface area (Å²) in [6.07, 6.45) is 1.99. The fraction of sp³-hybridized carbons (Fsp3) is 0.556. The molecule has 1 N–H and O–H groups in total. The lowest BCUT2D eigenvalue weighted by atomic mass is 10.1. The van der Waals surface area contributed by atoms with E-state index in [1.54, 1.807) is 0 Å². The number of fused-ring (bicyclic) bond motifs is 1. The summed E-state index contributed by atoms with van der Waals surface area (Å²) in [7, 11) is 2.12. The van der Waals surface area contributed by atoms with E-state index in [4.69, 9.17) is 16.3 Å². The Bertz CT molecular complexity index is 798. The molecule has 1 amide bonds. The lowest BCUT2D eigenvalue weighted by Crippen LogP contribution is -2.43. The Balaban J connectivity index is 1.57. The van der Waals surface area contributed by atoms with E-state index in [0.717, 1.165) is 54.9 Å². The molecule has 0 radical (unpaired) electrons. The van der Waals surface area contributed by atoms with Crippen molar-refractivity contribution in [1.29, 1.82) is 0 Å². The van der Waals surface area contributed by atoms with Crippen molar-refractivity contribution < 1.29 is 9.53 Å². The van der Waals surface area contributed by atoms with Crippen molar-refractivity contribution in [3.05, 3.63) is 22.2 Å². The summed E-state index contributed by atoms with van der Waals surface area (Å²) in [6, 6.07) is 4.00. The molecule has 4 rings (SSSR count). The van der Waals surface area contributed by atoms with Crippen LogP contribution in [0, 0.1) is 0 Å². The van der Waals surface area contributed by atoms with E-state index >= 15 is 0 Å². The third kappa shape index (κ3) is 3.81. The molecular formula is C18H23ClN4O2S. The first-order chi connectivity index (χ1) is 12.6. The van der Waals surface area contributed by atoms with Gasteiger partial charge in [0.2, 0.25) is 0 Å². The molecule has 6 nitrogen and oxygen atoms in total. The maximum absolute atomic E-state index is 12.7. The van der Waals surface area contributed by atoms with Crippen molar-refractivity contribution in [2.45, 2.75) is 18.9 Å². The van der Waals surface area contributed by atoms with Crippen molar-refractivity contribution in [3.8, 4) is 0 Å². The number of anilines is 1. The molecule has 4 heterocycles. The van der Waals surface area contributed by atoms with Gasteiger partial charge < -0.3 is 19.9 Å². The largest absolute Gasteiger partial charge is 0.378 e. The predicted octanol–water partition coefficient (Wildman–Crippen LogP) is 2.61. The molecule has 2 aliphatic rings. The minimum Gasteiger partial charge on any atom is -0.378 e. The summed E-state index contributed by atoms with van der Waals surface area (Å²) in [5.74, 6) is -0.00777. The van der Waals surface area contributed by atoms with Gasteiger partial charge in [0.25, 0.3) is 5.91 Å². The fourth-order valence-corrected chi connectivity index (χ4v) is 4.77. The van der Waals surface area contributed by atoms with Gasteiger partial charge in [-0.3, -0.25) is 4.79 Å². The second-order valence-corrected chi connectivity index (χ2v) is 8.38. The van der Waals surface area contributed by atoms with E-state index in [2.05, 4.69) is 27.1 Å². The molecule has 2 aromatic heterocycles. The minimum absolute atomic E-state index is 0.00777. The van der Waals surface area contributed by atoms with E-state index in [9.17, 15) is 4.79 Å². The number of piperidine rings is 1. The molecule has 0 unspecified atom stereocenters. The first kappa shape index (κ1) is 18.0. The van der Waals surface area contributed by atoms with Crippen molar-refractivity contribution in [2.75, 3.05) is 51.3 Å². The number of hydrogen-bond acceptors (Lipinski definition) is 6. The number of hydrogen-bond donors (Lipinski definition) is 1. The first-order valence-electron chi connectivity index (χ1n) is 9.02. The van der Waals surface area contributed by atoms with E-state index in [1.165, 1.54) is 11.3 Å². The van der Waals surface area contributed by atoms with Gasteiger partial charge in [-0.1, -0.05) is 11.6 Å². The molecular weight excluding hydrogens is 372 g/mol. The number of halogens is 1. The van der Waals surface area contributed by atoms with Gasteiger partial charge in [-0.25, -0.2) is 4.98 Å². The molecule has 26 heavy (non-hydrogen) atoms. The van der Waals surface area contributed by atoms with Crippen LogP contribution in [0.3, 0.4) is 0 Å². The van der Waals surface area contributed by atoms with E-state index < -0.39 is 0 Å². The van der Waals surface area contributed by atoms with Crippen molar-refractivity contribution in [3.63, 3.8) is 0 Å². The number of aromatic nitrogens is 1. The van der Waals surface area contributed by atoms with Crippen molar-refractivity contribution >= 4 is 44.7 Å². The Kier molecular flexibility index (Phi) is 5.31. The molecule has 0 aromatic carbocycles. The average Bonchev–Trinajstić information content (AvgIpc) is 3.07. The normalized spacial score (nSPS) is 19.8. The van der Waals surface area contributed by atoms with Gasteiger partial charge in [-0.15, -0.1) is 11.3 Å². The van der Waals surface area contributed by atoms with Crippen LogP contribution in [0.1, 0.15) is 22.5 Å². The molecule has 2 saturated heterocycles. The SMILES string of the molecule is CN1CCC(NC(=O)c2cc3nc(Cl)cc(N4CCOCC4)c3s2)CC1. The third-order valence-corrected chi connectivity index (χ3v) is 6.40. The molecule has 8 heteroatoms. The molecule has 2 aliphatic heterocycles. The summed E-state index contributed by atoms with van der Waals surface area (Å²) in [4.78, 5) is 22.4. The second-order valence-electron chi connectivity index (χ2n) is 6.94. The number of carbonyl (C=O) groups excluding carboxylic acids is 1. The van der Waals surface area contributed by atoms with Crippen LogP contribution < -0.4 is 10.2 Å². The summed E-state index contributed by atoms with van der Waals surface area (Å²) < 4.78 is 6.46. The van der Waals surface area contributed by atoms with E-state index in [-0.39, 0.29) is 11.9 Å². The number of ether oxygens (including phenoxy) is 1. The lowest BCUT2D eigenvalue weighted by Gasteiger charge is -2.29. The standard InChI is InChI=1S/C18H23ClN4O2S/c1-22-4-2-12(3-5-22)20-18(24)15-10-13-17(26-15)14(11-16(19)21-13)23-6-8-25-9-7-23/h10-12H,2-9H2,1H3,(H,20,24). The number of likely N-dealkylation sites (tertiary alicyclic amines) is 1. The topological polar surface area (TPSA) is 57.7 Å². The molecule has 140 valence electrons. The van der Waals surface area contributed by atoms with Crippen LogP contribution in [0.4, 0.5) is 5.69 Å². The Morgan fingerprint density at radius 3 is 2.73 bits per heavy atom. The van der Waals surface area contributed by atoms with Crippen molar-refractivity contribution in [1.82, 2.24) is 15.2 Å². The second kappa shape index (κ2) is 7.68. The smallest absolute Gasteiger partial charge is 0.261 e. The van der Waals surface area contributed by atoms with E-state index in [1.807, 2.05) is 12.1 Å². The molecule has 0 bridgehead atoms. The van der Waals surface area contributed by atoms with Gasteiger partial charge >= 0.3 is 0 Å².